The molecule has 0 N–H and O–H groups in total. The Labute approximate surface area is 102 Å². The van der Waals surface area contributed by atoms with Crippen molar-refractivity contribution in [1.82, 2.24) is 0 Å². The van der Waals surface area contributed by atoms with Crippen molar-refractivity contribution in [1.29, 1.82) is 0 Å². The van der Waals surface area contributed by atoms with Crippen molar-refractivity contribution < 1.29 is 9.53 Å². The number of hydrogen-bond acceptors (Lipinski definition) is 3. The van der Waals surface area contributed by atoms with Crippen LogP contribution in [0.2, 0.25) is 0 Å². The average molecular weight is 289 g/mol. The molecular weight excluding hydrogens is 276 g/mol. The summed E-state index contributed by atoms with van der Waals surface area (Å²) in [5.41, 5.74) is 1.99. The van der Waals surface area contributed by atoms with Gasteiger partial charge in [0.15, 0.2) is 0 Å². The number of esters is 1. The van der Waals surface area contributed by atoms with Crippen molar-refractivity contribution in [3.05, 3.63) is 19.8 Å². The zero-order valence-electron chi connectivity index (χ0n) is 8.64. The first-order chi connectivity index (χ1) is 7.24. The summed E-state index contributed by atoms with van der Waals surface area (Å²) in [6.45, 7) is 2.28. The molecule has 0 unspecified atom stereocenters. The van der Waals surface area contributed by atoms with Gasteiger partial charge in [0.1, 0.15) is 0 Å². The number of thiophene rings is 1. The van der Waals surface area contributed by atoms with Gasteiger partial charge in [-0.05, 0) is 54.1 Å². The quantitative estimate of drug-likeness (QED) is 0.778. The van der Waals surface area contributed by atoms with Gasteiger partial charge in [0.05, 0.1) is 16.0 Å². The summed E-state index contributed by atoms with van der Waals surface area (Å²) < 4.78 is 6.01. The smallest absolute Gasteiger partial charge is 0.340 e. The van der Waals surface area contributed by atoms with Crippen LogP contribution >= 0.6 is 27.3 Å². The molecule has 0 amide bonds. The standard InChI is InChI=1S/C11H13BrO2S/c1-2-14-11(13)9-7-5-3-4-6-8(7)15-10(9)12/h2-6H2,1H3. The Hall–Kier alpha value is -0.350. The molecule has 15 heavy (non-hydrogen) atoms. The molecule has 0 aromatic carbocycles. The fraction of sp³-hybridized carbons (Fsp3) is 0.545. The fourth-order valence-corrected chi connectivity index (χ4v) is 4.03. The summed E-state index contributed by atoms with van der Waals surface area (Å²) in [6.07, 6.45) is 4.55. The Morgan fingerprint density at radius 1 is 1.47 bits per heavy atom. The second kappa shape index (κ2) is 4.66. The van der Waals surface area contributed by atoms with E-state index in [1.165, 1.54) is 23.3 Å². The number of fused-ring (bicyclic) bond motifs is 1. The number of rotatable bonds is 2. The minimum absolute atomic E-state index is 0.177. The SMILES string of the molecule is CCOC(=O)c1c(Br)sc2c1CCCC2. The highest BCUT2D eigenvalue weighted by molar-refractivity contribution is 9.11. The summed E-state index contributed by atoms with van der Waals surface area (Å²) in [5, 5.41) is 0. The van der Waals surface area contributed by atoms with E-state index in [4.69, 9.17) is 4.74 Å². The van der Waals surface area contributed by atoms with Crippen LogP contribution in [0.25, 0.3) is 0 Å². The molecule has 0 radical (unpaired) electrons. The minimum Gasteiger partial charge on any atom is -0.462 e. The molecule has 1 heterocycles. The Balaban J connectivity index is 2.37. The molecule has 4 heteroatoms. The maximum atomic E-state index is 11.8. The lowest BCUT2D eigenvalue weighted by atomic mass is 9.96. The highest BCUT2D eigenvalue weighted by Gasteiger charge is 2.24. The molecule has 0 aliphatic heterocycles. The van der Waals surface area contributed by atoms with Gasteiger partial charge in [0.25, 0.3) is 0 Å². The summed E-state index contributed by atoms with van der Waals surface area (Å²) >= 11 is 5.15. The highest BCUT2D eigenvalue weighted by Crippen LogP contribution is 2.38. The lowest BCUT2D eigenvalue weighted by molar-refractivity contribution is 0.0524. The van der Waals surface area contributed by atoms with Gasteiger partial charge in [-0.25, -0.2) is 4.79 Å². The minimum atomic E-state index is -0.177. The van der Waals surface area contributed by atoms with Crippen molar-refractivity contribution in [2.45, 2.75) is 32.6 Å². The zero-order chi connectivity index (χ0) is 10.8. The average Bonchev–Trinajstić information content (AvgIpc) is 2.54. The van der Waals surface area contributed by atoms with Crippen LogP contribution in [0, 0.1) is 0 Å². The van der Waals surface area contributed by atoms with Gasteiger partial charge in [-0.15, -0.1) is 11.3 Å². The number of aryl methyl sites for hydroxylation is 1. The Morgan fingerprint density at radius 3 is 2.93 bits per heavy atom. The number of halogens is 1. The van der Waals surface area contributed by atoms with E-state index in [1.807, 2.05) is 6.92 Å². The van der Waals surface area contributed by atoms with E-state index in [0.29, 0.717) is 6.61 Å². The van der Waals surface area contributed by atoms with Gasteiger partial charge in [0.2, 0.25) is 0 Å². The first kappa shape index (κ1) is 11.1. The van der Waals surface area contributed by atoms with Crippen LogP contribution in [0.3, 0.4) is 0 Å². The maximum Gasteiger partial charge on any atom is 0.340 e. The Morgan fingerprint density at radius 2 is 2.20 bits per heavy atom. The van der Waals surface area contributed by atoms with Crippen LogP contribution in [0.1, 0.15) is 40.6 Å². The molecule has 0 saturated carbocycles. The molecule has 0 fully saturated rings. The third-order valence-corrected chi connectivity index (χ3v) is 4.57. The predicted octanol–water partition coefficient (Wildman–Crippen LogP) is 3.57. The Bertz CT molecular complexity index is 384. The van der Waals surface area contributed by atoms with Crippen molar-refractivity contribution in [2.24, 2.45) is 0 Å². The maximum absolute atomic E-state index is 11.8. The van der Waals surface area contributed by atoms with Gasteiger partial charge in [-0.2, -0.15) is 0 Å². The first-order valence-electron chi connectivity index (χ1n) is 5.21. The molecule has 2 rings (SSSR count). The van der Waals surface area contributed by atoms with Gasteiger partial charge in [-0.1, -0.05) is 0 Å². The summed E-state index contributed by atoms with van der Waals surface area (Å²) in [7, 11) is 0. The number of carbonyl (C=O) groups excluding carboxylic acids is 1. The third-order valence-electron chi connectivity index (χ3n) is 2.61. The molecular formula is C11H13BrO2S. The molecule has 1 aromatic heterocycles. The molecule has 0 saturated heterocycles. The second-order valence-electron chi connectivity index (χ2n) is 3.58. The summed E-state index contributed by atoms with van der Waals surface area (Å²) in [5.74, 6) is -0.177. The van der Waals surface area contributed by atoms with Gasteiger partial charge in [0, 0.05) is 4.88 Å². The topological polar surface area (TPSA) is 26.3 Å². The fourth-order valence-electron chi connectivity index (χ4n) is 1.94. The summed E-state index contributed by atoms with van der Waals surface area (Å²) in [6, 6.07) is 0. The summed E-state index contributed by atoms with van der Waals surface area (Å²) in [4.78, 5) is 13.1. The molecule has 2 nitrogen and oxygen atoms in total. The first-order valence-corrected chi connectivity index (χ1v) is 6.82. The lowest BCUT2D eigenvalue weighted by Crippen LogP contribution is -2.09. The zero-order valence-corrected chi connectivity index (χ0v) is 11.0. The molecule has 82 valence electrons. The van der Waals surface area contributed by atoms with E-state index in [1.54, 1.807) is 11.3 Å². The van der Waals surface area contributed by atoms with E-state index < -0.39 is 0 Å². The molecule has 1 aromatic rings. The molecule has 1 aliphatic carbocycles. The van der Waals surface area contributed by atoms with Crippen molar-refractivity contribution in [3.8, 4) is 0 Å². The van der Waals surface area contributed by atoms with Crippen LogP contribution in [-0.2, 0) is 17.6 Å². The normalized spacial score (nSPS) is 14.8. The molecule has 0 atom stereocenters. The molecule has 0 spiro atoms. The molecule has 1 aliphatic rings. The van der Waals surface area contributed by atoms with Crippen LogP contribution in [0.5, 0.6) is 0 Å². The largest absolute Gasteiger partial charge is 0.462 e. The van der Waals surface area contributed by atoms with E-state index >= 15 is 0 Å². The van der Waals surface area contributed by atoms with Crippen LogP contribution in [0.4, 0.5) is 0 Å². The van der Waals surface area contributed by atoms with E-state index in [-0.39, 0.29) is 5.97 Å². The monoisotopic (exact) mass is 288 g/mol. The van der Waals surface area contributed by atoms with Crippen LogP contribution < -0.4 is 0 Å². The van der Waals surface area contributed by atoms with E-state index in [2.05, 4.69) is 15.9 Å². The second-order valence-corrected chi connectivity index (χ2v) is 6.00. The van der Waals surface area contributed by atoms with Crippen molar-refractivity contribution in [3.63, 3.8) is 0 Å². The van der Waals surface area contributed by atoms with Gasteiger partial charge in [-0.3, -0.25) is 0 Å². The van der Waals surface area contributed by atoms with Crippen LogP contribution in [-0.4, -0.2) is 12.6 Å². The van der Waals surface area contributed by atoms with Gasteiger partial charge < -0.3 is 4.74 Å². The Kier molecular flexibility index (Phi) is 3.46. The number of ether oxygens (including phenoxy) is 1. The number of hydrogen-bond donors (Lipinski definition) is 0. The van der Waals surface area contributed by atoms with E-state index in [9.17, 15) is 4.79 Å². The number of carbonyl (C=O) groups is 1. The van der Waals surface area contributed by atoms with Crippen LogP contribution in [0.15, 0.2) is 3.79 Å². The van der Waals surface area contributed by atoms with Gasteiger partial charge >= 0.3 is 5.97 Å². The lowest BCUT2D eigenvalue weighted by Gasteiger charge is -2.11. The predicted molar refractivity (Wildman–Crippen MR) is 64.6 cm³/mol. The third kappa shape index (κ3) is 2.11. The van der Waals surface area contributed by atoms with Crippen molar-refractivity contribution >= 4 is 33.2 Å². The highest BCUT2D eigenvalue weighted by atomic mass is 79.9. The van der Waals surface area contributed by atoms with Crippen molar-refractivity contribution in [2.75, 3.05) is 6.61 Å². The van der Waals surface area contributed by atoms with E-state index in [0.717, 1.165) is 22.2 Å². The molecule has 0 bridgehead atoms.